The minimum Gasteiger partial charge on any atom is -0.624 e. The Morgan fingerprint density at radius 3 is 2.40 bits per heavy atom. The Kier molecular flexibility index (Phi) is 5.07. The van der Waals surface area contributed by atoms with Crippen LogP contribution in [0.15, 0.2) is 59.1 Å². The van der Waals surface area contributed by atoms with Gasteiger partial charge in [0, 0.05) is 15.6 Å². The summed E-state index contributed by atoms with van der Waals surface area (Å²) in [5, 5.41) is 11.7. The van der Waals surface area contributed by atoms with Crippen LogP contribution in [0.3, 0.4) is 0 Å². The largest absolute Gasteiger partial charge is 0.624 e. The minimum absolute atomic E-state index is 0.0280. The quantitative estimate of drug-likeness (QED) is 0.276. The molecule has 102 valence electrons. The average Bonchev–Trinajstić information content (AvgIpc) is 2.46. The second-order valence-electron chi connectivity index (χ2n) is 4.36. The SMILES string of the molecule is O=C(CC[N+]([O-])=Cc1ccccc1)c1ccc(Br)cc1. The normalized spacial score (nSPS) is 11.3. The molecule has 2 rings (SSSR count). The van der Waals surface area contributed by atoms with Crippen LogP contribution >= 0.6 is 15.9 Å². The first-order valence-electron chi connectivity index (χ1n) is 6.27. The summed E-state index contributed by atoms with van der Waals surface area (Å²) in [5.74, 6) is -0.0280. The number of hydrogen-bond acceptors (Lipinski definition) is 2. The Bertz CT molecular complexity index is 606. The number of rotatable bonds is 5. The van der Waals surface area contributed by atoms with Crippen molar-refractivity contribution in [2.24, 2.45) is 0 Å². The Morgan fingerprint density at radius 1 is 1.10 bits per heavy atom. The first-order valence-corrected chi connectivity index (χ1v) is 7.07. The number of benzene rings is 2. The fraction of sp³-hybridized carbons (Fsp3) is 0.125. The van der Waals surface area contributed by atoms with Gasteiger partial charge in [-0.25, -0.2) is 4.74 Å². The van der Waals surface area contributed by atoms with Crippen LogP contribution in [0.5, 0.6) is 0 Å². The first-order chi connectivity index (χ1) is 9.65. The van der Waals surface area contributed by atoms with Crippen LogP contribution in [0.1, 0.15) is 22.3 Å². The fourth-order valence-electron chi connectivity index (χ4n) is 1.76. The molecule has 0 aliphatic rings. The molecule has 4 heteroatoms. The van der Waals surface area contributed by atoms with Gasteiger partial charge in [0.15, 0.2) is 18.5 Å². The smallest absolute Gasteiger partial charge is 0.181 e. The van der Waals surface area contributed by atoms with Crippen molar-refractivity contribution < 1.29 is 9.53 Å². The summed E-state index contributed by atoms with van der Waals surface area (Å²) in [5.41, 5.74) is 1.46. The van der Waals surface area contributed by atoms with Crippen LogP contribution in [-0.2, 0) is 0 Å². The number of ketones is 1. The van der Waals surface area contributed by atoms with Gasteiger partial charge >= 0.3 is 0 Å². The maximum Gasteiger partial charge on any atom is 0.181 e. The molecular formula is C16H14BrNO2. The topological polar surface area (TPSA) is 43.1 Å². The predicted molar refractivity (Wildman–Crippen MR) is 83.2 cm³/mol. The molecule has 3 nitrogen and oxygen atoms in total. The number of hydrogen-bond donors (Lipinski definition) is 0. The van der Waals surface area contributed by atoms with E-state index in [4.69, 9.17) is 0 Å². The third-order valence-corrected chi connectivity index (χ3v) is 3.35. The van der Waals surface area contributed by atoms with E-state index in [0.29, 0.717) is 5.56 Å². The summed E-state index contributed by atoms with van der Waals surface area (Å²) in [6.07, 6.45) is 1.70. The fourth-order valence-corrected chi connectivity index (χ4v) is 2.03. The molecule has 0 atom stereocenters. The van der Waals surface area contributed by atoms with Crippen molar-refractivity contribution >= 4 is 27.9 Å². The van der Waals surface area contributed by atoms with Crippen LogP contribution in [0, 0.1) is 5.21 Å². The lowest BCUT2D eigenvalue weighted by Gasteiger charge is -2.04. The van der Waals surface area contributed by atoms with Gasteiger partial charge in [-0.1, -0.05) is 46.3 Å². The molecule has 0 N–H and O–H groups in total. The Hall–Kier alpha value is -1.94. The molecule has 0 unspecified atom stereocenters. The highest BCUT2D eigenvalue weighted by Crippen LogP contribution is 2.11. The Balaban J connectivity index is 1.93. The van der Waals surface area contributed by atoms with Crippen LogP contribution < -0.4 is 0 Å². The molecule has 0 fully saturated rings. The van der Waals surface area contributed by atoms with E-state index in [0.717, 1.165) is 14.8 Å². The van der Waals surface area contributed by atoms with Gasteiger partial charge in [0.1, 0.15) is 0 Å². The van der Waals surface area contributed by atoms with Gasteiger partial charge in [0.2, 0.25) is 0 Å². The van der Waals surface area contributed by atoms with Crippen molar-refractivity contribution in [1.82, 2.24) is 0 Å². The molecule has 0 aliphatic carbocycles. The Morgan fingerprint density at radius 2 is 1.75 bits per heavy atom. The van der Waals surface area contributed by atoms with E-state index in [9.17, 15) is 10.0 Å². The van der Waals surface area contributed by atoms with Gasteiger partial charge in [0.05, 0.1) is 6.42 Å². The van der Waals surface area contributed by atoms with Crippen LogP contribution in [0.4, 0.5) is 0 Å². The number of halogens is 1. The molecule has 2 aromatic carbocycles. The summed E-state index contributed by atoms with van der Waals surface area (Å²) in [7, 11) is 0. The van der Waals surface area contributed by atoms with Gasteiger partial charge in [-0.15, -0.1) is 0 Å². The summed E-state index contributed by atoms with van der Waals surface area (Å²) in [4.78, 5) is 11.9. The van der Waals surface area contributed by atoms with Gasteiger partial charge in [-0.2, -0.15) is 0 Å². The third kappa shape index (κ3) is 4.31. The molecule has 0 heterocycles. The van der Waals surface area contributed by atoms with Crippen LogP contribution in [0.2, 0.25) is 0 Å². The number of nitrogens with zero attached hydrogens (tertiary/aromatic N) is 1. The van der Waals surface area contributed by atoms with Crippen molar-refractivity contribution in [1.29, 1.82) is 0 Å². The maximum absolute atomic E-state index is 11.9. The van der Waals surface area contributed by atoms with Crippen molar-refractivity contribution in [3.05, 3.63) is 75.4 Å². The lowest BCUT2D eigenvalue weighted by atomic mass is 10.1. The molecular weight excluding hydrogens is 318 g/mol. The summed E-state index contributed by atoms with van der Waals surface area (Å²) in [6.45, 7) is 0.157. The number of carbonyl (C=O) groups is 1. The Labute approximate surface area is 126 Å². The molecule has 0 spiro atoms. The molecule has 2 aromatic rings. The van der Waals surface area contributed by atoms with E-state index in [1.165, 1.54) is 6.21 Å². The van der Waals surface area contributed by atoms with Crippen LogP contribution in [0.25, 0.3) is 0 Å². The molecule has 0 aliphatic heterocycles. The number of hydroxylamine groups is 1. The first kappa shape index (κ1) is 14.5. The minimum atomic E-state index is -0.0280. The zero-order chi connectivity index (χ0) is 14.4. The van der Waals surface area contributed by atoms with Crippen molar-refractivity contribution in [3.63, 3.8) is 0 Å². The highest BCUT2D eigenvalue weighted by molar-refractivity contribution is 9.10. The van der Waals surface area contributed by atoms with E-state index in [1.807, 2.05) is 42.5 Å². The molecule has 0 saturated heterocycles. The summed E-state index contributed by atoms with van der Waals surface area (Å²) in [6, 6.07) is 16.5. The van der Waals surface area contributed by atoms with Crippen molar-refractivity contribution in [3.8, 4) is 0 Å². The van der Waals surface area contributed by atoms with E-state index >= 15 is 0 Å². The summed E-state index contributed by atoms with van der Waals surface area (Å²) < 4.78 is 1.73. The van der Waals surface area contributed by atoms with Gasteiger partial charge in [-0.05, 0) is 24.3 Å². The molecule has 0 radical (unpaired) electrons. The maximum atomic E-state index is 11.9. The second-order valence-corrected chi connectivity index (χ2v) is 5.28. The van der Waals surface area contributed by atoms with E-state index in [1.54, 1.807) is 12.1 Å². The highest BCUT2D eigenvalue weighted by atomic mass is 79.9. The lowest BCUT2D eigenvalue weighted by Crippen LogP contribution is -2.12. The predicted octanol–water partition coefficient (Wildman–Crippen LogP) is 3.65. The number of Topliss-reactive ketones (excluding diaryl/α,β-unsaturated/α-hetero) is 1. The van der Waals surface area contributed by atoms with E-state index in [-0.39, 0.29) is 18.7 Å². The lowest BCUT2D eigenvalue weighted by molar-refractivity contribution is -0.450. The zero-order valence-electron chi connectivity index (χ0n) is 10.8. The standard InChI is InChI=1S/C16H14BrNO2/c17-15-8-6-14(7-9-15)16(19)10-11-18(20)12-13-4-2-1-3-5-13/h1-9,12H,10-11H2. The van der Waals surface area contributed by atoms with Gasteiger partial charge < -0.3 is 5.21 Å². The van der Waals surface area contributed by atoms with E-state index in [2.05, 4.69) is 15.9 Å². The molecule has 0 amide bonds. The average molecular weight is 332 g/mol. The molecule has 20 heavy (non-hydrogen) atoms. The molecule has 0 bridgehead atoms. The monoisotopic (exact) mass is 331 g/mol. The van der Waals surface area contributed by atoms with Crippen molar-refractivity contribution in [2.45, 2.75) is 6.42 Å². The highest BCUT2D eigenvalue weighted by Gasteiger charge is 2.07. The second kappa shape index (κ2) is 7.01. The number of carbonyl (C=O) groups excluding carboxylic acids is 1. The zero-order valence-corrected chi connectivity index (χ0v) is 12.4. The van der Waals surface area contributed by atoms with Crippen LogP contribution in [-0.4, -0.2) is 23.3 Å². The van der Waals surface area contributed by atoms with Crippen molar-refractivity contribution in [2.75, 3.05) is 6.54 Å². The molecule has 0 aromatic heterocycles. The summed E-state index contributed by atoms with van der Waals surface area (Å²) >= 11 is 3.32. The third-order valence-electron chi connectivity index (χ3n) is 2.82. The molecule has 0 saturated carbocycles. The van der Waals surface area contributed by atoms with Gasteiger partial charge in [0.25, 0.3) is 0 Å². The van der Waals surface area contributed by atoms with Gasteiger partial charge in [-0.3, -0.25) is 4.79 Å². The van der Waals surface area contributed by atoms with E-state index < -0.39 is 0 Å².